The third kappa shape index (κ3) is 1.87. The standard InChI is InChI=1S/C16H19NO/c1-2-12-5-3-6-13(11-12)17-10-9-14-15(17)7-4-8-16(14)18/h3,5-6,9-11,16,18H,2,4,7-8H2,1H3. The first kappa shape index (κ1) is 11.5. The lowest BCUT2D eigenvalue weighted by atomic mass is 9.95. The highest BCUT2D eigenvalue weighted by Crippen LogP contribution is 2.32. The fraction of sp³-hybridized carbons (Fsp3) is 0.375. The van der Waals surface area contributed by atoms with Crippen LogP contribution < -0.4 is 0 Å². The zero-order valence-electron chi connectivity index (χ0n) is 10.8. The second-order valence-electron chi connectivity index (χ2n) is 5.02. The second-order valence-corrected chi connectivity index (χ2v) is 5.02. The number of aliphatic hydroxyl groups excluding tert-OH is 1. The molecule has 0 fully saturated rings. The maximum Gasteiger partial charge on any atom is 0.0807 e. The monoisotopic (exact) mass is 241 g/mol. The molecule has 1 aliphatic rings. The van der Waals surface area contributed by atoms with Gasteiger partial charge in [0.2, 0.25) is 0 Å². The zero-order valence-corrected chi connectivity index (χ0v) is 10.8. The van der Waals surface area contributed by atoms with Crippen LogP contribution >= 0.6 is 0 Å². The lowest BCUT2D eigenvalue weighted by molar-refractivity contribution is 0.156. The van der Waals surface area contributed by atoms with Crippen molar-refractivity contribution >= 4 is 0 Å². The molecule has 0 amide bonds. The van der Waals surface area contributed by atoms with Gasteiger partial charge in [-0.1, -0.05) is 19.1 Å². The van der Waals surface area contributed by atoms with Crippen molar-refractivity contribution in [1.29, 1.82) is 0 Å². The molecular formula is C16H19NO. The van der Waals surface area contributed by atoms with E-state index in [-0.39, 0.29) is 6.10 Å². The zero-order chi connectivity index (χ0) is 12.5. The molecule has 18 heavy (non-hydrogen) atoms. The van der Waals surface area contributed by atoms with Crippen molar-refractivity contribution in [3.05, 3.63) is 53.3 Å². The van der Waals surface area contributed by atoms with Gasteiger partial charge < -0.3 is 9.67 Å². The molecule has 3 rings (SSSR count). The molecule has 0 aliphatic heterocycles. The highest BCUT2D eigenvalue weighted by atomic mass is 16.3. The predicted molar refractivity (Wildman–Crippen MR) is 73.0 cm³/mol. The molecule has 94 valence electrons. The normalized spacial score (nSPS) is 18.7. The largest absolute Gasteiger partial charge is 0.388 e. The molecule has 0 saturated carbocycles. The Bertz CT molecular complexity index is 556. The summed E-state index contributed by atoms with van der Waals surface area (Å²) in [5.41, 5.74) is 4.96. The van der Waals surface area contributed by atoms with Crippen molar-refractivity contribution in [3.8, 4) is 5.69 Å². The Hall–Kier alpha value is -1.54. The van der Waals surface area contributed by atoms with Crippen LogP contribution in [0.25, 0.3) is 5.69 Å². The Morgan fingerprint density at radius 3 is 3.06 bits per heavy atom. The molecule has 2 heteroatoms. The number of aryl methyl sites for hydroxylation is 1. The molecule has 1 aromatic carbocycles. The lowest BCUT2D eigenvalue weighted by Crippen LogP contribution is -2.11. The summed E-state index contributed by atoms with van der Waals surface area (Å²) in [6, 6.07) is 10.7. The average Bonchev–Trinajstić information content (AvgIpc) is 2.84. The summed E-state index contributed by atoms with van der Waals surface area (Å²) in [4.78, 5) is 0. The first-order valence-electron chi connectivity index (χ1n) is 6.77. The topological polar surface area (TPSA) is 25.2 Å². The van der Waals surface area contributed by atoms with Crippen molar-refractivity contribution in [1.82, 2.24) is 4.57 Å². The highest BCUT2D eigenvalue weighted by molar-refractivity contribution is 5.42. The van der Waals surface area contributed by atoms with Gasteiger partial charge in [0.25, 0.3) is 0 Å². The minimum atomic E-state index is -0.274. The maximum absolute atomic E-state index is 10.0. The van der Waals surface area contributed by atoms with Crippen LogP contribution in [0.1, 0.15) is 42.7 Å². The first-order chi connectivity index (χ1) is 8.79. The SMILES string of the molecule is CCc1cccc(-n2ccc3c2CCCC3O)c1. The summed E-state index contributed by atoms with van der Waals surface area (Å²) in [6.07, 6.45) is 5.91. The smallest absolute Gasteiger partial charge is 0.0807 e. The molecule has 1 atom stereocenters. The van der Waals surface area contributed by atoms with Crippen molar-refractivity contribution in [2.75, 3.05) is 0 Å². The van der Waals surface area contributed by atoms with Gasteiger partial charge in [-0.15, -0.1) is 0 Å². The number of hydrogen-bond donors (Lipinski definition) is 1. The van der Waals surface area contributed by atoms with Crippen molar-refractivity contribution in [2.24, 2.45) is 0 Å². The van der Waals surface area contributed by atoms with E-state index in [1.807, 2.05) is 0 Å². The quantitative estimate of drug-likeness (QED) is 0.856. The van der Waals surface area contributed by atoms with Gasteiger partial charge in [-0.3, -0.25) is 0 Å². The number of fused-ring (bicyclic) bond motifs is 1. The van der Waals surface area contributed by atoms with E-state index in [1.165, 1.54) is 16.9 Å². The van der Waals surface area contributed by atoms with Crippen LogP contribution in [0.5, 0.6) is 0 Å². The van der Waals surface area contributed by atoms with Gasteiger partial charge >= 0.3 is 0 Å². The molecule has 2 nitrogen and oxygen atoms in total. The molecular weight excluding hydrogens is 222 g/mol. The van der Waals surface area contributed by atoms with Crippen molar-refractivity contribution in [2.45, 2.75) is 38.7 Å². The Balaban J connectivity index is 2.06. The Labute approximate surface area is 108 Å². The van der Waals surface area contributed by atoms with Gasteiger partial charge in [0.05, 0.1) is 6.10 Å². The lowest BCUT2D eigenvalue weighted by Gasteiger charge is -2.20. The van der Waals surface area contributed by atoms with E-state index in [2.05, 4.69) is 48.0 Å². The number of aromatic nitrogens is 1. The van der Waals surface area contributed by atoms with E-state index in [0.29, 0.717) is 0 Å². The minimum Gasteiger partial charge on any atom is -0.388 e. The fourth-order valence-electron chi connectivity index (χ4n) is 2.83. The Kier molecular flexibility index (Phi) is 2.96. The molecule has 0 spiro atoms. The van der Waals surface area contributed by atoms with Crippen molar-refractivity contribution in [3.63, 3.8) is 0 Å². The predicted octanol–water partition coefficient (Wildman–Crippen LogP) is 3.41. The average molecular weight is 241 g/mol. The van der Waals surface area contributed by atoms with Gasteiger partial charge in [0.15, 0.2) is 0 Å². The van der Waals surface area contributed by atoms with E-state index in [0.717, 1.165) is 31.2 Å². The Morgan fingerprint density at radius 1 is 1.33 bits per heavy atom. The third-order valence-electron chi connectivity index (χ3n) is 3.87. The van der Waals surface area contributed by atoms with Crippen LogP contribution in [0.2, 0.25) is 0 Å². The number of nitrogens with zero attached hydrogens (tertiary/aromatic N) is 1. The summed E-state index contributed by atoms with van der Waals surface area (Å²) in [6.45, 7) is 2.17. The van der Waals surface area contributed by atoms with E-state index < -0.39 is 0 Å². The van der Waals surface area contributed by atoms with Crippen molar-refractivity contribution < 1.29 is 5.11 Å². The van der Waals surface area contributed by atoms with Crippen LogP contribution in [-0.2, 0) is 12.8 Å². The molecule has 0 saturated heterocycles. The summed E-state index contributed by atoms with van der Waals surface area (Å²) >= 11 is 0. The van der Waals surface area contributed by atoms with Gasteiger partial charge in [-0.25, -0.2) is 0 Å². The summed E-state index contributed by atoms with van der Waals surface area (Å²) in [5.74, 6) is 0. The van der Waals surface area contributed by atoms with Crippen LogP contribution in [0.3, 0.4) is 0 Å². The molecule has 2 aromatic rings. The first-order valence-corrected chi connectivity index (χ1v) is 6.77. The fourth-order valence-corrected chi connectivity index (χ4v) is 2.83. The van der Waals surface area contributed by atoms with E-state index in [9.17, 15) is 5.11 Å². The summed E-state index contributed by atoms with van der Waals surface area (Å²) in [7, 11) is 0. The molecule has 1 unspecified atom stereocenters. The number of hydrogen-bond acceptors (Lipinski definition) is 1. The highest BCUT2D eigenvalue weighted by Gasteiger charge is 2.21. The van der Waals surface area contributed by atoms with E-state index in [1.54, 1.807) is 0 Å². The van der Waals surface area contributed by atoms with Crippen LogP contribution in [0, 0.1) is 0 Å². The van der Waals surface area contributed by atoms with E-state index >= 15 is 0 Å². The van der Waals surface area contributed by atoms with Crippen LogP contribution in [-0.4, -0.2) is 9.67 Å². The number of aliphatic hydroxyl groups is 1. The van der Waals surface area contributed by atoms with Crippen LogP contribution in [0.15, 0.2) is 36.5 Å². The summed E-state index contributed by atoms with van der Waals surface area (Å²) in [5, 5.41) is 10.0. The molecule has 0 bridgehead atoms. The van der Waals surface area contributed by atoms with Gasteiger partial charge in [-0.05, 0) is 49.4 Å². The maximum atomic E-state index is 10.0. The third-order valence-corrected chi connectivity index (χ3v) is 3.87. The van der Waals surface area contributed by atoms with Crippen LogP contribution in [0.4, 0.5) is 0 Å². The molecule has 0 radical (unpaired) electrons. The molecule has 1 N–H and O–H groups in total. The van der Waals surface area contributed by atoms with E-state index in [4.69, 9.17) is 0 Å². The van der Waals surface area contributed by atoms with Gasteiger partial charge in [0, 0.05) is 23.1 Å². The molecule has 1 aliphatic carbocycles. The second kappa shape index (κ2) is 4.62. The molecule has 1 aromatic heterocycles. The number of rotatable bonds is 2. The number of benzene rings is 1. The molecule has 1 heterocycles. The minimum absolute atomic E-state index is 0.274. The Morgan fingerprint density at radius 2 is 2.22 bits per heavy atom. The van der Waals surface area contributed by atoms with Gasteiger partial charge in [0.1, 0.15) is 0 Å². The van der Waals surface area contributed by atoms with Gasteiger partial charge in [-0.2, -0.15) is 0 Å². The summed E-state index contributed by atoms with van der Waals surface area (Å²) < 4.78 is 2.23.